The van der Waals surface area contributed by atoms with Gasteiger partial charge in [-0.3, -0.25) is 0 Å². The van der Waals surface area contributed by atoms with E-state index in [9.17, 15) is 0 Å². The molecule has 1 aromatic carbocycles. The van der Waals surface area contributed by atoms with E-state index >= 15 is 0 Å². The molecule has 1 heteroatoms. The topological polar surface area (TPSA) is 23.8 Å². The minimum atomic E-state index is 0.538. The largest absolute Gasteiger partial charge is 0.198 e. The van der Waals surface area contributed by atoms with E-state index in [2.05, 4.69) is 37.3 Å². The molecule has 70 valence electrons. The van der Waals surface area contributed by atoms with Crippen molar-refractivity contribution in [3.63, 3.8) is 0 Å². The SMILES string of the molecule is Cc1ccc2c(c1)C(CC#N)=CCC2. The summed E-state index contributed by atoms with van der Waals surface area (Å²) >= 11 is 0. The van der Waals surface area contributed by atoms with Crippen molar-refractivity contribution < 1.29 is 0 Å². The van der Waals surface area contributed by atoms with Crippen LogP contribution in [0, 0.1) is 18.3 Å². The maximum atomic E-state index is 8.72. The van der Waals surface area contributed by atoms with Crippen molar-refractivity contribution >= 4 is 5.57 Å². The quantitative estimate of drug-likeness (QED) is 0.655. The number of hydrogen-bond donors (Lipinski definition) is 0. The molecule has 0 heterocycles. The lowest BCUT2D eigenvalue weighted by atomic mass is 9.88. The molecule has 0 amide bonds. The summed E-state index contributed by atoms with van der Waals surface area (Å²) in [5.41, 5.74) is 5.16. The normalized spacial score (nSPS) is 14.1. The summed E-state index contributed by atoms with van der Waals surface area (Å²) in [6, 6.07) is 8.76. The van der Waals surface area contributed by atoms with Crippen molar-refractivity contribution in [1.82, 2.24) is 0 Å². The van der Waals surface area contributed by atoms with E-state index < -0.39 is 0 Å². The highest BCUT2D eigenvalue weighted by Crippen LogP contribution is 2.29. The minimum absolute atomic E-state index is 0.538. The molecule has 14 heavy (non-hydrogen) atoms. The molecular formula is C13H13N. The molecule has 0 radical (unpaired) electrons. The van der Waals surface area contributed by atoms with Gasteiger partial charge in [-0.1, -0.05) is 29.8 Å². The molecule has 0 saturated carbocycles. The highest BCUT2D eigenvalue weighted by molar-refractivity contribution is 5.71. The van der Waals surface area contributed by atoms with Gasteiger partial charge in [-0.15, -0.1) is 0 Å². The maximum absolute atomic E-state index is 8.72. The fourth-order valence-electron chi connectivity index (χ4n) is 1.97. The first-order chi connectivity index (χ1) is 6.81. The molecule has 1 nitrogen and oxygen atoms in total. The number of hydrogen-bond acceptors (Lipinski definition) is 1. The number of aryl methyl sites for hydroxylation is 2. The van der Waals surface area contributed by atoms with E-state index in [4.69, 9.17) is 5.26 Å². The lowest BCUT2D eigenvalue weighted by Gasteiger charge is -2.16. The van der Waals surface area contributed by atoms with Crippen molar-refractivity contribution in [2.75, 3.05) is 0 Å². The molecule has 0 bridgehead atoms. The van der Waals surface area contributed by atoms with Gasteiger partial charge >= 0.3 is 0 Å². The molecule has 0 aromatic heterocycles. The Morgan fingerprint density at radius 3 is 3.07 bits per heavy atom. The Morgan fingerprint density at radius 2 is 2.29 bits per heavy atom. The van der Waals surface area contributed by atoms with Crippen LogP contribution in [0.15, 0.2) is 24.3 Å². The van der Waals surface area contributed by atoms with Gasteiger partial charge in [-0.25, -0.2) is 0 Å². The van der Waals surface area contributed by atoms with Crippen LogP contribution in [0.1, 0.15) is 29.5 Å². The highest BCUT2D eigenvalue weighted by Gasteiger charge is 2.11. The smallest absolute Gasteiger partial charge is 0.0669 e. The zero-order valence-electron chi connectivity index (χ0n) is 8.38. The van der Waals surface area contributed by atoms with E-state index in [0.717, 1.165) is 12.8 Å². The summed E-state index contributed by atoms with van der Waals surface area (Å²) in [7, 11) is 0. The number of fused-ring (bicyclic) bond motifs is 1. The number of benzene rings is 1. The van der Waals surface area contributed by atoms with Gasteiger partial charge in [0.2, 0.25) is 0 Å². The molecule has 2 rings (SSSR count). The number of rotatable bonds is 1. The number of nitrogens with zero attached hydrogens (tertiary/aromatic N) is 1. The van der Waals surface area contributed by atoms with Crippen LogP contribution in [0.3, 0.4) is 0 Å². The Labute approximate surface area is 84.7 Å². The summed E-state index contributed by atoms with van der Waals surface area (Å²) < 4.78 is 0. The fraction of sp³-hybridized carbons (Fsp3) is 0.308. The summed E-state index contributed by atoms with van der Waals surface area (Å²) in [5, 5.41) is 8.72. The maximum Gasteiger partial charge on any atom is 0.0669 e. The van der Waals surface area contributed by atoms with Gasteiger partial charge in [0.1, 0.15) is 0 Å². The van der Waals surface area contributed by atoms with Gasteiger partial charge in [0, 0.05) is 0 Å². The second-order valence-electron chi connectivity index (χ2n) is 3.76. The van der Waals surface area contributed by atoms with Gasteiger partial charge in [0.15, 0.2) is 0 Å². The average molecular weight is 183 g/mol. The molecule has 1 aliphatic rings. The Kier molecular flexibility index (Phi) is 2.37. The molecule has 0 spiro atoms. The molecule has 1 aliphatic carbocycles. The standard InChI is InChI=1S/C13H13N/c1-10-5-6-11-3-2-4-12(7-8-14)13(11)9-10/h4-6,9H,2-3,7H2,1H3. The van der Waals surface area contributed by atoms with Gasteiger partial charge in [-0.2, -0.15) is 5.26 Å². The summed E-state index contributed by atoms with van der Waals surface area (Å²) in [4.78, 5) is 0. The van der Waals surface area contributed by atoms with Crippen molar-refractivity contribution in [1.29, 1.82) is 5.26 Å². The summed E-state index contributed by atoms with van der Waals surface area (Å²) in [5.74, 6) is 0. The third kappa shape index (κ3) is 1.56. The van der Waals surface area contributed by atoms with Crippen LogP contribution < -0.4 is 0 Å². The van der Waals surface area contributed by atoms with Crippen LogP contribution >= 0.6 is 0 Å². The van der Waals surface area contributed by atoms with Crippen LogP contribution in [-0.4, -0.2) is 0 Å². The van der Waals surface area contributed by atoms with E-state index in [1.54, 1.807) is 0 Å². The first-order valence-corrected chi connectivity index (χ1v) is 4.97. The van der Waals surface area contributed by atoms with Crippen molar-refractivity contribution in [2.24, 2.45) is 0 Å². The Bertz CT molecular complexity index is 421. The Morgan fingerprint density at radius 1 is 1.43 bits per heavy atom. The van der Waals surface area contributed by atoms with Gasteiger partial charge < -0.3 is 0 Å². The zero-order chi connectivity index (χ0) is 9.97. The lowest BCUT2D eigenvalue weighted by Crippen LogP contribution is -1.99. The number of nitriles is 1. The minimum Gasteiger partial charge on any atom is -0.198 e. The van der Waals surface area contributed by atoms with Crippen LogP contribution in [0.4, 0.5) is 0 Å². The summed E-state index contributed by atoms with van der Waals surface area (Å²) in [6.07, 6.45) is 4.93. The Balaban J connectivity index is 2.47. The monoisotopic (exact) mass is 183 g/mol. The van der Waals surface area contributed by atoms with Crippen LogP contribution in [0.2, 0.25) is 0 Å². The molecule has 0 aliphatic heterocycles. The number of allylic oxidation sites excluding steroid dienone is 2. The molecule has 0 N–H and O–H groups in total. The fourth-order valence-corrected chi connectivity index (χ4v) is 1.97. The van der Waals surface area contributed by atoms with Gasteiger partial charge in [0.25, 0.3) is 0 Å². The van der Waals surface area contributed by atoms with Crippen molar-refractivity contribution in [2.45, 2.75) is 26.2 Å². The molecule has 0 fully saturated rings. The zero-order valence-corrected chi connectivity index (χ0v) is 8.38. The third-order valence-corrected chi connectivity index (χ3v) is 2.69. The first kappa shape index (κ1) is 9.02. The second kappa shape index (κ2) is 3.67. The first-order valence-electron chi connectivity index (χ1n) is 4.97. The lowest BCUT2D eigenvalue weighted by molar-refractivity contribution is 0.968. The highest BCUT2D eigenvalue weighted by atomic mass is 14.2. The molecule has 0 atom stereocenters. The third-order valence-electron chi connectivity index (χ3n) is 2.69. The van der Waals surface area contributed by atoms with Crippen molar-refractivity contribution in [3.8, 4) is 6.07 Å². The second-order valence-corrected chi connectivity index (χ2v) is 3.76. The van der Waals surface area contributed by atoms with E-state index in [1.165, 1.54) is 22.3 Å². The Hall–Kier alpha value is -1.55. The van der Waals surface area contributed by atoms with Gasteiger partial charge in [-0.05, 0) is 36.5 Å². The molecule has 0 unspecified atom stereocenters. The summed E-state index contributed by atoms with van der Waals surface area (Å²) in [6.45, 7) is 2.10. The van der Waals surface area contributed by atoms with Crippen LogP contribution in [0.5, 0.6) is 0 Å². The van der Waals surface area contributed by atoms with E-state index in [0.29, 0.717) is 6.42 Å². The van der Waals surface area contributed by atoms with Gasteiger partial charge in [0.05, 0.1) is 12.5 Å². The van der Waals surface area contributed by atoms with Crippen LogP contribution in [0.25, 0.3) is 5.57 Å². The molecule has 0 saturated heterocycles. The van der Waals surface area contributed by atoms with Crippen molar-refractivity contribution in [3.05, 3.63) is 41.0 Å². The van der Waals surface area contributed by atoms with E-state index in [1.807, 2.05) is 0 Å². The molecule has 1 aromatic rings. The predicted molar refractivity (Wildman–Crippen MR) is 57.7 cm³/mol. The molecular weight excluding hydrogens is 170 g/mol. The van der Waals surface area contributed by atoms with E-state index in [-0.39, 0.29) is 0 Å². The predicted octanol–water partition coefficient (Wildman–Crippen LogP) is 3.24. The average Bonchev–Trinajstić information content (AvgIpc) is 2.19. The van der Waals surface area contributed by atoms with Crippen LogP contribution in [-0.2, 0) is 6.42 Å².